The fourth-order valence-corrected chi connectivity index (χ4v) is 4.56. The van der Waals surface area contributed by atoms with Crippen molar-refractivity contribution >= 4 is 0 Å². The monoisotopic (exact) mass is 311 g/mol. The summed E-state index contributed by atoms with van der Waals surface area (Å²) in [7, 11) is 2.07. The zero-order valence-corrected chi connectivity index (χ0v) is 14.1. The highest BCUT2D eigenvalue weighted by atomic mass is 15.3. The van der Waals surface area contributed by atoms with E-state index in [4.69, 9.17) is 0 Å². The van der Waals surface area contributed by atoms with Gasteiger partial charge >= 0.3 is 0 Å². The standard InChI is InChI=1S/C18H25N5/c1-14-5-6-15(19-9-14)10-23-11-16(17-21-20-13-22(17)2)18(12-23)7-3-4-8-18/h5-6,9,13,16H,3-4,7-8,10-12H2,1-2H3. The summed E-state index contributed by atoms with van der Waals surface area (Å²) in [5, 5.41) is 8.56. The number of aromatic nitrogens is 4. The lowest BCUT2D eigenvalue weighted by molar-refractivity contribution is 0.242. The first-order chi connectivity index (χ1) is 11.2. The molecule has 2 fully saturated rings. The van der Waals surface area contributed by atoms with Gasteiger partial charge in [-0.05, 0) is 36.8 Å². The highest BCUT2D eigenvalue weighted by Crippen LogP contribution is 2.53. The summed E-state index contributed by atoms with van der Waals surface area (Å²) in [5.41, 5.74) is 2.78. The molecule has 1 aliphatic heterocycles. The first-order valence-corrected chi connectivity index (χ1v) is 8.64. The van der Waals surface area contributed by atoms with Gasteiger partial charge < -0.3 is 4.57 Å². The van der Waals surface area contributed by atoms with E-state index in [1.165, 1.54) is 43.5 Å². The Kier molecular flexibility index (Phi) is 3.68. The maximum Gasteiger partial charge on any atom is 0.137 e. The third kappa shape index (κ3) is 2.67. The number of likely N-dealkylation sites (tertiary alicyclic amines) is 1. The Bertz CT molecular complexity index is 669. The highest BCUT2D eigenvalue weighted by Gasteiger charge is 2.50. The number of aryl methyl sites for hydroxylation is 2. The zero-order valence-electron chi connectivity index (χ0n) is 14.1. The van der Waals surface area contributed by atoms with Crippen molar-refractivity contribution in [1.29, 1.82) is 0 Å². The van der Waals surface area contributed by atoms with Crippen LogP contribution in [0.2, 0.25) is 0 Å². The van der Waals surface area contributed by atoms with Crippen LogP contribution in [0.5, 0.6) is 0 Å². The molecule has 2 aromatic heterocycles. The molecule has 0 amide bonds. The third-order valence-corrected chi connectivity index (χ3v) is 5.73. The van der Waals surface area contributed by atoms with Crippen LogP contribution in [0.25, 0.3) is 0 Å². The van der Waals surface area contributed by atoms with Gasteiger partial charge in [0, 0.05) is 38.8 Å². The minimum absolute atomic E-state index is 0.394. The molecule has 122 valence electrons. The summed E-state index contributed by atoms with van der Waals surface area (Å²) < 4.78 is 2.11. The molecule has 2 aromatic rings. The minimum atomic E-state index is 0.394. The average molecular weight is 311 g/mol. The molecular formula is C18H25N5. The third-order valence-electron chi connectivity index (χ3n) is 5.73. The van der Waals surface area contributed by atoms with Crippen LogP contribution in [0, 0.1) is 12.3 Å². The Morgan fingerprint density at radius 1 is 1.26 bits per heavy atom. The van der Waals surface area contributed by atoms with E-state index in [2.05, 4.69) is 50.8 Å². The van der Waals surface area contributed by atoms with Crippen molar-refractivity contribution in [2.24, 2.45) is 12.5 Å². The van der Waals surface area contributed by atoms with Crippen molar-refractivity contribution in [2.75, 3.05) is 13.1 Å². The van der Waals surface area contributed by atoms with Gasteiger partial charge in [0.1, 0.15) is 12.2 Å². The number of rotatable bonds is 3. The molecule has 2 aliphatic rings. The maximum atomic E-state index is 4.59. The van der Waals surface area contributed by atoms with Gasteiger partial charge in [-0.2, -0.15) is 0 Å². The van der Waals surface area contributed by atoms with E-state index in [1.54, 1.807) is 0 Å². The maximum absolute atomic E-state index is 4.59. The van der Waals surface area contributed by atoms with Crippen molar-refractivity contribution in [1.82, 2.24) is 24.6 Å². The molecule has 1 spiro atoms. The van der Waals surface area contributed by atoms with Crippen molar-refractivity contribution in [3.05, 3.63) is 41.7 Å². The van der Waals surface area contributed by atoms with Gasteiger partial charge in [-0.25, -0.2) is 0 Å². The smallest absolute Gasteiger partial charge is 0.137 e. The van der Waals surface area contributed by atoms with Crippen LogP contribution in [0.1, 0.15) is 48.7 Å². The Hall–Kier alpha value is -1.75. The van der Waals surface area contributed by atoms with Crippen LogP contribution in [0.15, 0.2) is 24.7 Å². The lowest BCUT2D eigenvalue weighted by Crippen LogP contribution is -2.27. The van der Waals surface area contributed by atoms with Crippen LogP contribution in [0.4, 0.5) is 0 Å². The van der Waals surface area contributed by atoms with E-state index in [0.717, 1.165) is 18.9 Å². The van der Waals surface area contributed by atoms with Crippen molar-refractivity contribution in [3.63, 3.8) is 0 Å². The highest BCUT2D eigenvalue weighted by molar-refractivity contribution is 5.16. The van der Waals surface area contributed by atoms with Gasteiger partial charge in [0.2, 0.25) is 0 Å². The Morgan fingerprint density at radius 3 is 2.74 bits per heavy atom. The average Bonchev–Trinajstić information content (AvgIpc) is 3.24. The molecular weight excluding hydrogens is 286 g/mol. The quantitative estimate of drug-likeness (QED) is 0.874. The van der Waals surface area contributed by atoms with Crippen LogP contribution in [-0.2, 0) is 13.6 Å². The number of nitrogens with zero attached hydrogens (tertiary/aromatic N) is 5. The van der Waals surface area contributed by atoms with Crippen LogP contribution in [0.3, 0.4) is 0 Å². The second kappa shape index (κ2) is 5.71. The molecule has 23 heavy (non-hydrogen) atoms. The van der Waals surface area contributed by atoms with Gasteiger partial charge in [0.15, 0.2) is 0 Å². The Labute approximate surface area is 137 Å². The predicted octanol–water partition coefficient (Wildman–Crippen LogP) is 2.68. The van der Waals surface area contributed by atoms with E-state index >= 15 is 0 Å². The van der Waals surface area contributed by atoms with Crippen LogP contribution in [-0.4, -0.2) is 37.7 Å². The van der Waals surface area contributed by atoms with Crippen molar-refractivity contribution < 1.29 is 0 Å². The van der Waals surface area contributed by atoms with Gasteiger partial charge in [-0.15, -0.1) is 10.2 Å². The Morgan fingerprint density at radius 2 is 2.09 bits per heavy atom. The molecule has 1 aliphatic carbocycles. The first-order valence-electron chi connectivity index (χ1n) is 8.64. The molecule has 0 aromatic carbocycles. The molecule has 0 bridgehead atoms. The fraction of sp³-hybridized carbons (Fsp3) is 0.611. The first kappa shape index (κ1) is 14.8. The van der Waals surface area contributed by atoms with E-state index in [1.807, 2.05) is 12.5 Å². The van der Waals surface area contributed by atoms with Gasteiger partial charge in [0.25, 0.3) is 0 Å². The molecule has 0 radical (unpaired) electrons. The van der Waals surface area contributed by atoms with E-state index in [0.29, 0.717) is 11.3 Å². The van der Waals surface area contributed by atoms with E-state index in [9.17, 15) is 0 Å². The number of hydrogen-bond acceptors (Lipinski definition) is 4. The summed E-state index contributed by atoms with van der Waals surface area (Å²) in [5.74, 6) is 1.66. The van der Waals surface area contributed by atoms with Gasteiger partial charge in [-0.1, -0.05) is 18.9 Å². The predicted molar refractivity (Wildman–Crippen MR) is 88.9 cm³/mol. The second-order valence-corrected chi connectivity index (χ2v) is 7.42. The molecule has 3 heterocycles. The zero-order chi connectivity index (χ0) is 15.9. The van der Waals surface area contributed by atoms with Gasteiger partial charge in [-0.3, -0.25) is 9.88 Å². The molecule has 1 saturated carbocycles. The minimum Gasteiger partial charge on any atom is -0.320 e. The molecule has 1 atom stereocenters. The molecule has 5 heteroatoms. The number of pyridine rings is 1. The summed E-state index contributed by atoms with van der Waals surface area (Å²) in [6.45, 7) is 5.27. The fourth-order valence-electron chi connectivity index (χ4n) is 4.56. The summed E-state index contributed by atoms with van der Waals surface area (Å²) in [6, 6.07) is 4.32. The largest absolute Gasteiger partial charge is 0.320 e. The lowest BCUT2D eigenvalue weighted by Gasteiger charge is -2.29. The molecule has 5 nitrogen and oxygen atoms in total. The summed E-state index contributed by atoms with van der Waals surface area (Å²) in [4.78, 5) is 7.16. The normalized spacial score (nSPS) is 23.8. The SMILES string of the molecule is Cc1ccc(CN2CC(c3nncn3C)C3(CCCC3)C2)nc1. The van der Waals surface area contributed by atoms with Crippen molar-refractivity contribution in [3.8, 4) is 0 Å². The molecule has 0 N–H and O–H groups in total. The second-order valence-electron chi connectivity index (χ2n) is 7.42. The summed E-state index contributed by atoms with van der Waals surface area (Å²) in [6.07, 6.45) is 9.15. The van der Waals surface area contributed by atoms with E-state index < -0.39 is 0 Å². The summed E-state index contributed by atoms with van der Waals surface area (Å²) >= 11 is 0. The topological polar surface area (TPSA) is 46.8 Å². The molecule has 1 unspecified atom stereocenters. The van der Waals surface area contributed by atoms with Crippen molar-refractivity contribution in [2.45, 2.75) is 45.1 Å². The number of hydrogen-bond donors (Lipinski definition) is 0. The van der Waals surface area contributed by atoms with Gasteiger partial charge in [0.05, 0.1) is 5.69 Å². The Balaban J connectivity index is 1.57. The molecule has 4 rings (SSSR count). The van der Waals surface area contributed by atoms with Crippen LogP contribution < -0.4 is 0 Å². The lowest BCUT2D eigenvalue weighted by atomic mass is 9.76. The van der Waals surface area contributed by atoms with Crippen LogP contribution >= 0.6 is 0 Å². The molecule has 1 saturated heterocycles. The van der Waals surface area contributed by atoms with E-state index in [-0.39, 0.29) is 0 Å².